The van der Waals surface area contributed by atoms with Gasteiger partial charge in [-0.25, -0.2) is 0 Å². The molecule has 0 bridgehead atoms. The van der Waals surface area contributed by atoms with Gasteiger partial charge in [-0.05, 0) is 74.1 Å². The van der Waals surface area contributed by atoms with E-state index >= 15 is 0 Å². The van der Waals surface area contributed by atoms with Crippen molar-refractivity contribution in [1.29, 1.82) is 0 Å². The third-order valence-corrected chi connectivity index (χ3v) is 9.66. The molecule has 7 nitrogen and oxygen atoms in total. The van der Waals surface area contributed by atoms with Crippen LogP contribution in [0.5, 0.6) is 0 Å². The molecule has 0 aromatic heterocycles. The van der Waals surface area contributed by atoms with Crippen molar-refractivity contribution < 1.29 is 14.5 Å². The van der Waals surface area contributed by atoms with Gasteiger partial charge < -0.3 is 22.1 Å². The molecule has 0 fully saturated rings. The Balaban J connectivity index is 1.46. The Kier molecular flexibility index (Phi) is 8.39. The molecule has 2 unspecified atom stereocenters. The molecule has 3 aliphatic rings. The van der Waals surface area contributed by atoms with Crippen molar-refractivity contribution >= 4 is 23.2 Å². The van der Waals surface area contributed by atoms with Crippen LogP contribution in [-0.2, 0) is 20.4 Å². The largest absolute Gasteiger partial charge is 0.398 e. The number of rotatable bonds is 9. The maximum atomic E-state index is 11.7. The lowest BCUT2D eigenvalue weighted by Gasteiger charge is -2.28. The fourth-order valence-corrected chi connectivity index (χ4v) is 7.29. The third kappa shape index (κ3) is 5.78. The van der Waals surface area contributed by atoms with Crippen LogP contribution in [-0.4, -0.2) is 30.9 Å². The van der Waals surface area contributed by atoms with Crippen molar-refractivity contribution in [2.75, 3.05) is 18.0 Å². The van der Waals surface area contributed by atoms with Crippen molar-refractivity contribution in [3.05, 3.63) is 107 Å². The van der Waals surface area contributed by atoms with Gasteiger partial charge in [-0.15, -0.1) is 0 Å². The summed E-state index contributed by atoms with van der Waals surface area (Å²) in [6.45, 7) is 10.2. The normalized spacial score (nSPS) is 24.1. The van der Waals surface area contributed by atoms with Gasteiger partial charge in [-0.3, -0.25) is 14.5 Å². The lowest BCUT2D eigenvalue weighted by molar-refractivity contribution is -0.849. The monoisotopic (exact) mass is 580 g/mol. The molecule has 7 heteroatoms. The van der Waals surface area contributed by atoms with Crippen LogP contribution in [0, 0.1) is 0 Å². The minimum Gasteiger partial charge on any atom is -0.398 e. The predicted octanol–water partition coefficient (Wildman–Crippen LogP) is 4.17. The number of fused-ring (bicyclic) bond motifs is 2. The Morgan fingerprint density at radius 2 is 1.60 bits per heavy atom. The van der Waals surface area contributed by atoms with Crippen LogP contribution in [0.25, 0.3) is 0 Å². The first-order chi connectivity index (χ1) is 20.4. The number of benzene rings is 2. The fourth-order valence-electron chi connectivity index (χ4n) is 7.29. The number of nitrogens with two attached hydrogens (primary N) is 3. The molecule has 5 rings (SSSR count). The summed E-state index contributed by atoms with van der Waals surface area (Å²) in [7, 11) is 0. The molecule has 1 aliphatic carbocycles. The van der Waals surface area contributed by atoms with E-state index in [1.807, 2.05) is 6.07 Å². The Morgan fingerprint density at radius 3 is 2.33 bits per heavy atom. The van der Waals surface area contributed by atoms with Crippen LogP contribution in [0.15, 0.2) is 95.4 Å². The summed E-state index contributed by atoms with van der Waals surface area (Å²) in [4.78, 5) is 26.9. The lowest BCUT2D eigenvalue weighted by atomic mass is 9.80. The molecule has 0 saturated heterocycles. The number of nitrogens with zero attached hydrogens (tertiary/aromatic N) is 1. The fraction of sp³-hybridized carbons (Fsp3) is 0.389. The maximum absolute atomic E-state index is 11.7. The maximum Gasteiger partial charge on any atom is 0.223 e. The summed E-state index contributed by atoms with van der Waals surface area (Å²) < 4.78 is 0. The van der Waals surface area contributed by atoms with Crippen LogP contribution in [0.4, 0.5) is 11.4 Å². The highest BCUT2D eigenvalue weighted by atomic mass is 16.1. The standard InChI is InChI=1S/C36H45N5O2/c1-35(2)26-12-5-7-14-28(26)40(22-20-32(37)42)30(35)18-16-24-10-9-11-25(34(24)39)17-19-31-36(3,4)27-13-6-8-15-29(27)41(31)23-21-33(38)43/h5-8,12-19,30H,9-11,20-23,39H2,1-4H3,(H2,37,42)(H2,38,43)/p+1/b18-16+,25-17+,31-19+. The Labute approximate surface area is 255 Å². The summed E-state index contributed by atoms with van der Waals surface area (Å²) in [5.74, 6) is -0.582. The molecule has 43 heavy (non-hydrogen) atoms. The van der Waals surface area contributed by atoms with E-state index in [0.29, 0.717) is 19.5 Å². The number of primary amides is 2. The van der Waals surface area contributed by atoms with Crippen molar-refractivity contribution in [1.82, 2.24) is 0 Å². The number of carbonyl (C=O) groups excluding carboxylic acids is 2. The highest BCUT2D eigenvalue weighted by molar-refractivity contribution is 5.76. The van der Waals surface area contributed by atoms with Crippen molar-refractivity contribution in [3.63, 3.8) is 0 Å². The Bertz CT molecular complexity index is 1540. The number of nitrogens with one attached hydrogen (secondary N) is 1. The molecule has 2 heterocycles. The first kappa shape index (κ1) is 30.4. The second kappa shape index (κ2) is 11.9. The van der Waals surface area contributed by atoms with Gasteiger partial charge in [0.05, 0.1) is 18.4 Å². The average Bonchev–Trinajstić information content (AvgIpc) is 3.32. The average molecular weight is 581 g/mol. The minimum absolute atomic E-state index is 0.107. The van der Waals surface area contributed by atoms with Crippen molar-refractivity contribution in [3.8, 4) is 0 Å². The van der Waals surface area contributed by atoms with Crippen LogP contribution in [0.3, 0.4) is 0 Å². The van der Waals surface area contributed by atoms with E-state index in [2.05, 4.69) is 99.4 Å². The van der Waals surface area contributed by atoms with E-state index in [1.165, 1.54) is 21.7 Å². The molecule has 0 radical (unpaired) electrons. The zero-order valence-electron chi connectivity index (χ0n) is 26.0. The molecular formula is C36H46N5O2+. The van der Waals surface area contributed by atoms with Gasteiger partial charge in [0, 0.05) is 41.0 Å². The molecule has 0 saturated carbocycles. The molecule has 2 aromatic carbocycles. The molecule has 0 spiro atoms. The molecule has 226 valence electrons. The van der Waals surface area contributed by atoms with E-state index in [1.54, 1.807) is 0 Å². The molecule has 7 N–H and O–H groups in total. The quantitative estimate of drug-likeness (QED) is 0.356. The number of hydrogen-bond acceptors (Lipinski definition) is 4. The smallest absolute Gasteiger partial charge is 0.223 e. The Hall–Kier alpha value is -4.10. The van der Waals surface area contributed by atoms with Gasteiger partial charge in [0.25, 0.3) is 0 Å². The van der Waals surface area contributed by atoms with Gasteiger partial charge in [-0.2, -0.15) is 0 Å². The summed E-state index contributed by atoms with van der Waals surface area (Å²) in [6, 6.07) is 17.0. The SMILES string of the molecule is CC1(C)/C(=C\C=C2/CCCC(/C=C/C3[NH+](CCC(N)=O)c4ccccc4C3(C)C)=C2N)N(CCC(N)=O)c2ccccc21. The number of quaternary nitrogens is 1. The second-order valence-corrected chi connectivity index (χ2v) is 13.1. The summed E-state index contributed by atoms with van der Waals surface area (Å²) in [6.07, 6.45) is 12.4. The number of hydrogen-bond donors (Lipinski definition) is 4. The number of carbonyl (C=O) groups is 2. The van der Waals surface area contributed by atoms with Crippen LogP contribution in [0.2, 0.25) is 0 Å². The van der Waals surface area contributed by atoms with E-state index in [0.717, 1.165) is 47.5 Å². The topological polar surface area (TPSA) is 120 Å². The number of amides is 2. The summed E-state index contributed by atoms with van der Waals surface area (Å²) >= 11 is 0. The van der Waals surface area contributed by atoms with Crippen molar-refractivity contribution in [2.45, 2.75) is 76.7 Å². The molecular weight excluding hydrogens is 534 g/mol. The molecule has 2 aromatic rings. The number of anilines is 1. The van der Waals surface area contributed by atoms with Gasteiger partial charge in [-0.1, -0.05) is 62.4 Å². The highest BCUT2D eigenvalue weighted by Gasteiger charge is 2.47. The number of allylic oxidation sites excluding steroid dienone is 6. The van der Waals surface area contributed by atoms with E-state index < -0.39 is 0 Å². The van der Waals surface area contributed by atoms with Crippen LogP contribution in [0.1, 0.15) is 70.9 Å². The second-order valence-electron chi connectivity index (χ2n) is 13.1. The molecule has 2 amide bonds. The summed E-state index contributed by atoms with van der Waals surface area (Å²) in [5.41, 5.74) is 26.8. The minimum atomic E-state index is -0.306. The van der Waals surface area contributed by atoms with Crippen molar-refractivity contribution in [2.24, 2.45) is 17.2 Å². The molecule has 2 aliphatic heterocycles. The third-order valence-electron chi connectivity index (χ3n) is 9.66. The van der Waals surface area contributed by atoms with Gasteiger partial charge in [0.2, 0.25) is 11.8 Å². The summed E-state index contributed by atoms with van der Waals surface area (Å²) in [5, 5.41) is 0. The Morgan fingerprint density at radius 1 is 0.930 bits per heavy atom. The van der Waals surface area contributed by atoms with Gasteiger partial charge in [0.15, 0.2) is 0 Å². The predicted molar refractivity (Wildman–Crippen MR) is 174 cm³/mol. The zero-order chi connectivity index (χ0) is 30.9. The van der Waals surface area contributed by atoms with Crippen LogP contribution < -0.4 is 27.0 Å². The van der Waals surface area contributed by atoms with Gasteiger partial charge >= 0.3 is 0 Å². The lowest BCUT2D eigenvalue weighted by Crippen LogP contribution is -3.11. The zero-order valence-corrected chi connectivity index (χ0v) is 26.0. The molecule has 2 atom stereocenters. The highest BCUT2D eigenvalue weighted by Crippen LogP contribution is 2.47. The van der Waals surface area contributed by atoms with Gasteiger partial charge in [0.1, 0.15) is 11.7 Å². The first-order valence-electron chi connectivity index (χ1n) is 15.4. The van der Waals surface area contributed by atoms with E-state index in [-0.39, 0.29) is 35.1 Å². The van der Waals surface area contributed by atoms with E-state index in [9.17, 15) is 9.59 Å². The number of para-hydroxylation sites is 2. The van der Waals surface area contributed by atoms with Crippen LogP contribution >= 0.6 is 0 Å². The van der Waals surface area contributed by atoms with E-state index in [4.69, 9.17) is 17.2 Å². The first-order valence-corrected chi connectivity index (χ1v) is 15.4.